The molecular weight excluding hydrogens is 450 g/mol. The number of benzene rings is 3. The third-order valence-corrected chi connectivity index (χ3v) is 6.37. The molecule has 0 saturated heterocycles. The first-order valence-corrected chi connectivity index (χ1v) is 11.2. The summed E-state index contributed by atoms with van der Waals surface area (Å²) < 4.78 is 0. The van der Waals surface area contributed by atoms with Crippen LogP contribution < -0.4 is 15.5 Å². The van der Waals surface area contributed by atoms with Gasteiger partial charge < -0.3 is 10.6 Å². The molecule has 0 aliphatic carbocycles. The lowest BCUT2D eigenvalue weighted by Gasteiger charge is -2.16. The first-order valence-electron chi connectivity index (χ1n) is 10.8. The number of imide groups is 1. The average Bonchev–Trinajstić information content (AvgIpc) is 3.02. The maximum atomic E-state index is 13.1. The van der Waals surface area contributed by atoms with Crippen molar-refractivity contribution in [2.24, 2.45) is 0 Å². The van der Waals surface area contributed by atoms with Gasteiger partial charge >= 0.3 is 0 Å². The Morgan fingerprint density at radius 3 is 2.29 bits per heavy atom. The molecule has 0 saturated carbocycles. The van der Waals surface area contributed by atoms with E-state index >= 15 is 0 Å². The molecule has 3 aromatic carbocycles. The number of carbonyl (C=O) groups excluding carboxylic acids is 3. The van der Waals surface area contributed by atoms with E-state index in [-0.39, 0.29) is 16.6 Å². The number of carbonyl (C=O) groups is 3. The Labute approximate surface area is 203 Å². The van der Waals surface area contributed by atoms with E-state index in [9.17, 15) is 14.4 Å². The third kappa shape index (κ3) is 4.32. The fourth-order valence-corrected chi connectivity index (χ4v) is 3.89. The zero-order chi connectivity index (χ0) is 24.6. The van der Waals surface area contributed by atoms with E-state index < -0.39 is 11.8 Å². The van der Waals surface area contributed by atoms with Crippen LogP contribution in [-0.4, -0.2) is 17.7 Å². The lowest BCUT2D eigenvalue weighted by Crippen LogP contribution is -2.32. The number of halogens is 1. The van der Waals surface area contributed by atoms with E-state index in [2.05, 4.69) is 10.6 Å². The van der Waals surface area contributed by atoms with Crippen molar-refractivity contribution in [3.8, 4) is 0 Å². The van der Waals surface area contributed by atoms with E-state index in [0.29, 0.717) is 16.9 Å². The Bertz CT molecular complexity index is 1380. The lowest BCUT2D eigenvalue weighted by molar-refractivity contribution is -0.120. The topological polar surface area (TPSA) is 78.5 Å². The van der Waals surface area contributed by atoms with Crippen molar-refractivity contribution >= 4 is 46.4 Å². The first kappa shape index (κ1) is 23.3. The van der Waals surface area contributed by atoms with E-state index in [4.69, 9.17) is 11.6 Å². The molecule has 2 N–H and O–H groups in total. The molecule has 172 valence electrons. The van der Waals surface area contributed by atoms with Crippen LogP contribution in [0.2, 0.25) is 0 Å². The van der Waals surface area contributed by atoms with E-state index in [1.165, 1.54) is 0 Å². The summed E-state index contributed by atoms with van der Waals surface area (Å²) in [5, 5.41) is 5.65. The van der Waals surface area contributed by atoms with Crippen molar-refractivity contribution in [1.29, 1.82) is 0 Å². The maximum Gasteiger partial charge on any atom is 0.283 e. The molecule has 0 aromatic heterocycles. The summed E-state index contributed by atoms with van der Waals surface area (Å²) in [6, 6.07) is 17.7. The fraction of sp³-hybridized carbons (Fsp3) is 0.148. The van der Waals surface area contributed by atoms with Crippen LogP contribution in [0.5, 0.6) is 0 Å². The monoisotopic (exact) mass is 473 g/mol. The number of nitrogens with one attached hydrogen (secondary N) is 2. The van der Waals surface area contributed by atoms with Gasteiger partial charge in [0.1, 0.15) is 10.7 Å². The van der Waals surface area contributed by atoms with Crippen molar-refractivity contribution in [2.45, 2.75) is 27.7 Å². The van der Waals surface area contributed by atoms with Gasteiger partial charge in [-0.05, 0) is 86.3 Å². The zero-order valence-corrected chi connectivity index (χ0v) is 20.1. The predicted molar refractivity (Wildman–Crippen MR) is 135 cm³/mol. The molecule has 0 spiro atoms. The molecular formula is C27H24ClN3O3. The van der Waals surface area contributed by atoms with Gasteiger partial charge in [-0.3, -0.25) is 14.4 Å². The molecule has 1 aliphatic rings. The SMILES string of the molecule is Cc1ccc(N2C(=O)C(Cl)=C(Nc3cccc(C(=O)Nc4cccc(C)c4C)c3)C2=O)cc1C. The van der Waals surface area contributed by atoms with Crippen molar-refractivity contribution in [3.63, 3.8) is 0 Å². The van der Waals surface area contributed by atoms with Gasteiger partial charge in [0.15, 0.2) is 0 Å². The maximum absolute atomic E-state index is 13.1. The molecule has 34 heavy (non-hydrogen) atoms. The van der Waals surface area contributed by atoms with Crippen molar-refractivity contribution in [3.05, 3.63) is 99.2 Å². The molecule has 0 fully saturated rings. The molecule has 0 unspecified atom stereocenters. The van der Waals surface area contributed by atoms with Crippen molar-refractivity contribution in [1.82, 2.24) is 0 Å². The summed E-state index contributed by atoms with van der Waals surface area (Å²) in [6.45, 7) is 7.79. The summed E-state index contributed by atoms with van der Waals surface area (Å²) in [4.78, 5) is 39.7. The van der Waals surface area contributed by atoms with E-state index in [1.54, 1.807) is 36.4 Å². The minimum Gasteiger partial charge on any atom is -0.350 e. The zero-order valence-electron chi connectivity index (χ0n) is 19.3. The molecule has 0 bridgehead atoms. The molecule has 0 radical (unpaired) electrons. The van der Waals surface area contributed by atoms with Gasteiger partial charge in [0.25, 0.3) is 17.7 Å². The number of amides is 3. The summed E-state index contributed by atoms with van der Waals surface area (Å²) in [6.07, 6.45) is 0. The Hall–Kier alpha value is -3.90. The quantitative estimate of drug-likeness (QED) is 0.472. The summed E-state index contributed by atoms with van der Waals surface area (Å²) in [7, 11) is 0. The number of hydrogen-bond acceptors (Lipinski definition) is 4. The molecule has 0 atom stereocenters. The molecule has 1 heterocycles. The second-order valence-corrected chi connectivity index (χ2v) is 8.69. The molecule has 3 aromatic rings. The molecule has 4 rings (SSSR count). The minimum absolute atomic E-state index is 0.0306. The van der Waals surface area contributed by atoms with Crippen LogP contribution in [0.15, 0.2) is 71.4 Å². The van der Waals surface area contributed by atoms with Gasteiger partial charge in [-0.1, -0.05) is 35.9 Å². The highest BCUT2D eigenvalue weighted by Crippen LogP contribution is 2.31. The largest absolute Gasteiger partial charge is 0.350 e. The van der Waals surface area contributed by atoms with Gasteiger partial charge in [0, 0.05) is 16.9 Å². The predicted octanol–water partition coefficient (Wildman–Crippen LogP) is 5.61. The number of anilines is 3. The summed E-state index contributed by atoms with van der Waals surface area (Å²) >= 11 is 6.26. The molecule has 6 nitrogen and oxygen atoms in total. The third-order valence-electron chi connectivity index (χ3n) is 6.02. The Kier molecular flexibility index (Phi) is 6.26. The van der Waals surface area contributed by atoms with Gasteiger partial charge in [-0.2, -0.15) is 0 Å². The second kappa shape index (κ2) is 9.15. The smallest absolute Gasteiger partial charge is 0.283 e. The highest BCUT2D eigenvalue weighted by atomic mass is 35.5. The van der Waals surface area contributed by atoms with Crippen molar-refractivity contribution < 1.29 is 14.4 Å². The normalized spacial score (nSPS) is 13.5. The van der Waals surface area contributed by atoms with E-state index in [0.717, 1.165) is 32.8 Å². The van der Waals surface area contributed by atoms with Crippen LogP contribution in [0.1, 0.15) is 32.6 Å². The van der Waals surface area contributed by atoms with Crippen LogP contribution in [0.3, 0.4) is 0 Å². The second-order valence-electron chi connectivity index (χ2n) is 8.31. The number of aryl methyl sites for hydroxylation is 3. The highest BCUT2D eigenvalue weighted by Gasteiger charge is 2.39. The van der Waals surface area contributed by atoms with Gasteiger partial charge in [0.05, 0.1) is 5.69 Å². The Morgan fingerprint density at radius 2 is 1.56 bits per heavy atom. The van der Waals surface area contributed by atoms with Crippen LogP contribution in [0.4, 0.5) is 17.1 Å². The van der Waals surface area contributed by atoms with Crippen LogP contribution in [-0.2, 0) is 9.59 Å². The minimum atomic E-state index is -0.596. The number of hydrogen-bond donors (Lipinski definition) is 2. The fourth-order valence-electron chi connectivity index (χ4n) is 3.67. The standard InChI is InChI=1S/C27H24ClN3O3/c1-15-11-12-21(13-17(15)3)31-26(33)23(28)24(27(31)34)29-20-9-6-8-19(14-20)25(32)30-22-10-5-7-16(2)18(22)4/h5-14,29H,1-4H3,(H,30,32). The Morgan fingerprint density at radius 1 is 0.824 bits per heavy atom. The van der Waals surface area contributed by atoms with E-state index in [1.807, 2.05) is 52.0 Å². The lowest BCUT2D eigenvalue weighted by atomic mass is 10.1. The van der Waals surface area contributed by atoms with Crippen molar-refractivity contribution in [2.75, 3.05) is 15.5 Å². The highest BCUT2D eigenvalue weighted by molar-refractivity contribution is 6.53. The summed E-state index contributed by atoms with van der Waals surface area (Å²) in [5.41, 5.74) is 6.09. The molecule has 3 amide bonds. The van der Waals surface area contributed by atoms with Gasteiger partial charge in [-0.15, -0.1) is 0 Å². The number of rotatable bonds is 5. The van der Waals surface area contributed by atoms with Crippen LogP contribution in [0, 0.1) is 27.7 Å². The van der Waals surface area contributed by atoms with Crippen LogP contribution in [0.25, 0.3) is 0 Å². The Balaban J connectivity index is 1.56. The average molecular weight is 474 g/mol. The number of nitrogens with zero attached hydrogens (tertiary/aromatic N) is 1. The van der Waals surface area contributed by atoms with Crippen LogP contribution >= 0.6 is 11.6 Å². The molecule has 7 heteroatoms. The van der Waals surface area contributed by atoms with Gasteiger partial charge in [-0.25, -0.2) is 4.90 Å². The van der Waals surface area contributed by atoms with Gasteiger partial charge in [0.2, 0.25) is 0 Å². The first-order chi connectivity index (χ1) is 16.2. The molecule has 1 aliphatic heterocycles. The summed E-state index contributed by atoms with van der Waals surface area (Å²) in [5.74, 6) is -1.44.